The molecular formula is C16H27N3OS. The maximum Gasteiger partial charge on any atom is 0.244 e. The van der Waals surface area contributed by atoms with Gasteiger partial charge in [0.15, 0.2) is 0 Å². The van der Waals surface area contributed by atoms with Crippen LogP contribution in [0.5, 0.6) is 0 Å². The lowest BCUT2D eigenvalue weighted by Crippen LogP contribution is -2.46. The molecule has 1 fully saturated rings. The zero-order valence-electron chi connectivity index (χ0n) is 13.9. The second-order valence-electron chi connectivity index (χ2n) is 6.50. The van der Waals surface area contributed by atoms with Crippen molar-refractivity contribution in [1.29, 1.82) is 0 Å². The molecule has 1 aromatic rings. The van der Waals surface area contributed by atoms with E-state index in [1.54, 1.807) is 11.3 Å². The number of thiophene rings is 1. The van der Waals surface area contributed by atoms with Crippen LogP contribution in [0, 0.1) is 6.92 Å². The van der Waals surface area contributed by atoms with Gasteiger partial charge in [0.1, 0.15) is 6.17 Å². The van der Waals surface area contributed by atoms with Crippen LogP contribution in [-0.2, 0) is 4.79 Å². The first-order chi connectivity index (χ1) is 9.78. The molecule has 4 nitrogen and oxygen atoms in total. The summed E-state index contributed by atoms with van der Waals surface area (Å²) >= 11 is 1.77. The molecule has 1 N–H and O–H groups in total. The summed E-state index contributed by atoms with van der Waals surface area (Å²) in [6.45, 7) is 9.20. The smallest absolute Gasteiger partial charge is 0.244 e. The zero-order chi connectivity index (χ0) is 15.8. The van der Waals surface area contributed by atoms with Gasteiger partial charge in [0.25, 0.3) is 0 Å². The predicted molar refractivity (Wildman–Crippen MR) is 88.5 cm³/mol. The van der Waals surface area contributed by atoms with Crippen molar-refractivity contribution in [2.75, 3.05) is 20.6 Å². The van der Waals surface area contributed by atoms with Crippen LogP contribution < -0.4 is 5.32 Å². The van der Waals surface area contributed by atoms with Crippen LogP contribution in [0.2, 0.25) is 0 Å². The van der Waals surface area contributed by atoms with Gasteiger partial charge in [-0.25, -0.2) is 0 Å². The van der Waals surface area contributed by atoms with Gasteiger partial charge in [-0.2, -0.15) is 0 Å². The molecule has 2 rings (SSSR count). The second-order valence-corrected chi connectivity index (χ2v) is 7.82. The summed E-state index contributed by atoms with van der Waals surface area (Å²) in [4.78, 5) is 19.6. The first-order valence-electron chi connectivity index (χ1n) is 7.60. The standard InChI is InChI=1S/C16H27N3OS/c1-7-16(4)15(20)19(11(2)10-18(5)6)14(17-16)13-9-8-12(3)21-13/h8-9,11,14,17H,7,10H2,1-6H3. The van der Waals surface area contributed by atoms with Gasteiger partial charge in [-0.05, 0) is 53.4 Å². The molecule has 1 aliphatic rings. The topological polar surface area (TPSA) is 35.6 Å². The predicted octanol–water partition coefficient (Wildman–Crippen LogP) is 2.61. The molecule has 2 heterocycles. The Hall–Kier alpha value is -0.910. The number of rotatable bonds is 5. The Morgan fingerprint density at radius 2 is 2.14 bits per heavy atom. The highest BCUT2D eigenvalue weighted by molar-refractivity contribution is 7.12. The largest absolute Gasteiger partial charge is 0.316 e. The third-order valence-electron chi connectivity index (χ3n) is 4.28. The molecule has 3 unspecified atom stereocenters. The van der Waals surface area contributed by atoms with Crippen LogP contribution in [0.1, 0.15) is 43.1 Å². The summed E-state index contributed by atoms with van der Waals surface area (Å²) in [5, 5.41) is 3.57. The lowest BCUT2D eigenvalue weighted by Gasteiger charge is -2.31. The molecule has 1 saturated heterocycles. The third-order valence-corrected chi connectivity index (χ3v) is 5.34. The summed E-state index contributed by atoms with van der Waals surface area (Å²) in [5.41, 5.74) is -0.455. The first kappa shape index (κ1) is 16.5. The average molecular weight is 309 g/mol. The van der Waals surface area contributed by atoms with Gasteiger partial charge in [0.05, 0.1) is 5.54 Å². The molecule has 3 atom stereocenters. The Morgan fingerprint density at radius 3 is 2.62 bits per heavy atom. The normalized spacial score (nSPS) is 27.7. The molecule has 1 amide bonds. The molecular weight excluding hydrogens is 282 g/mol. The minimum Gasteiger partial charge on any atom is -0.316 e. The van der Waals surface area contributed by atoms with E-state index in [0.29, 0.717) is 0 Å². The Balaban J connectivity index is 2.33. The van der Waals surface area contributed by atoms with Gasteiger partial charge < -0.3 is 9.80 Å². The zero-order valence-corrected chi connectivity index (χ0v) is 14.8. The molecule has 0 spiro atoms. The van der Waals surface area contributed by atoms with E-state index < -0.39 is 5.54 Å². The summed E-state index contributed by atoms with van der Waals surface area (Å²) < 4.78 is 0. The fraction of sp³-hybridized carbons (Fsp3) is 0.688. The summed E-state index contributed by atoms with van der Waals surface area (Å²) in [6.07, 6.45) is 0.800. The van der Waals surface area contributed by atoms with Crippen molar-refractivity contribution in [3.05, 3.63) is 21.9 Å². The number of nitrogens with one attached hydrogen (secondary N) is 1. The number of hydrogen-bond donors (Lipinski definition) is 1. The molecule has 0 aromatic carbocycles. The van der Waals surface area contributed by atoms with Gasteiger partial charge in [-0.3, -0.25) is 10.1 Å². The number of likely N-dealkylation sites (N-methyl/N-ethyl adjacent to an activating group) is 1. The number of carbonyl (C=O) groups excluding carboxylic acids is 1. The minimum absolute atomic E-state index is 0.00361. The maximum absolute atomic E-state index is 12.9. The molecule has 0 bridgehead atoms. The van der Waals surface area contributed by atoms with E-state index in [1.807, 2.05) is 25.9 Å². The van der Waals surface area contributed by atoms with E-state index in [0.717, 1.165) is 13.0 Å². The van der Waals surface area contributed by atoms with Crippen LogP contribution in [-0.4, -0.2) is 47.9 Å². The fourth-order valence-electron chi connectivity index (χ4n) is 2.97. The van der Waals surface area contributed by atoms with Crippen LogP contribution in [0.25, 0.3) is 0 Å². The average Bonchev–Trinajstić information content (AvgIpc) is 2.92. The lowest BCUT2D eigenvalue weighted by atomic mass is 9.99. The van der Waals surface area contributed by atoms with E-state index in [4.69, 9.17) is 0 Å². The van der Waals surface area contributed by atoms with E-state index in [2.05, 4.69) is 43.1 Å². The molecule has 118 valence electrons. The highest BCUT2D eigenvalue weighted by Gasteiger charge is 2.49. The van der Waals surface area contributed by atoms with Crippen molar-refractivity contribution in [3.63, 3.8) is 0 Å². The summed E-state index contributed by atoms with van der Waals surface area (Å²) in [5.74, 6) is 0.218. The Kier molecular flexibility index (Phi) is 4.76. The maximum atomic E-state index is 12.9. The van der Waals surface area contributed by atoms with Gasteiger partial charge in [-0.1, -0.05) is 6.92 Å². The van der Waals surface area contributed by atoms with Crippen molar-refractivity contribution in [2.24, 2.45) is 0 Å². The van der Waals surface area contributed by atoms with Crippen LogP contribution >= 0.6 is 11.3 Å². The lowest BCUT2D eigenvalue weighted by molar-refractivity contribution is -0.135. The highest BCUT2D eigenvalue weighted by atomic mass is 32.1. The molecule has 0 radical (unpaired) electrons. The fourth-order valence-corrected chi connectivity index (χ4v) is 3.90. The molecule has 0 aliphatic carbocycles. The second kappa shape index (κ2) is 6.07. The van der Waals surface area contributed by atoms with Crippen molar-refractivity contribution < 1.29 is 4.79 Å². The summed E-state index contributed by atoms with van der Waals surface area (Å²) in [6, 6.07) is 4.45. The summed E-state index contributed by atoms with van der Waals surface area (Å²) in [7, 11) is 4.10. The van der Waals surface area contributed by atoms with Gasteiger partial charge in [-0.15, -0.1) is 11.3 Å². The number of aryl methyl sites for hydroxylation is 1. The number of amides is 1. The molecule has 0 saturated carbocycles. The Labute approximate surface area is 132 Å². The number of hydrogen-bond acceptors (Lipinski definition) is 4. The van der Waals surface area contributed by atoms with E-state index in [9.17, 15) is 4.79 Å². The molecule has 1 aliphatic heterocycles. The van der Waals surface area contributed by atoms with Crippen molar-refractivity contribution in [1.82, 2.24) is 15.1 Å². The van der Waals surface area contributed by atoms with E-state index in [1.165, 1.54) is 9.75 Å². The molecule has 5 heteroatoms. The van der Waals surface area contributed by atoms with Crippen molar-refractivity contribution in [3.8, 4) is 0 Å². The van der Waals surface area contributed by atoms with E-state index >= 15 is 0 Å². The van der Waals surface area contributed by atoms with Crippen LogP contribution in [0.3, 0.4) is 0 Å². The van der Waals surface area contributed by atoms with Crippen molar-refractivity contribution in [2.45, 2.75) is 51.9 Å². The minimum atomic E-state index is -0.455. The molecule has 21 heavy (non-hydrogen) atoms. The Morgan fingerprint density at radius 1 is 1.48 bits per heavy atom. The van der Waals surface area contributed by atoms with Gasteiger partial charge in [0, 0.05) is 22.3 Å². The Bertz CT molecular complexity index is 513. The SMILES string of the molecule is CCC1(C)NC(c2ccc(C)s2)N(C(C)CN(C)C)C1=O. The van der Waals surface area contributed by atoms with E-state index in [-0.39, 0.29) is 18.1 Å². The number of carbonyl (C=O) groups is 1. The molecule has 1 aromatic heterocycles. The van der Waals surface area contributed by atoms with Gasteiger partial charge >= 0.3 is 0 Å². The van der Waals surface area contributed by atoms with Crippen LogP contribution in [0.4, 0.5) is 0 Å². The number of nitrogens with zero attached hydrogens (tertiary/aromatic N) is 2. The third kappa shape index (κ3) is 3.15. The van der Waals surface area contributed by atoms with Crippen LogP contribution in [0.15, 0.2) is 12.1 Å². The first-order valence-corrected chi connectivity index (χ1v) is 8.41. The van der Waals surface area contributed by atoms with Crippen molar-refractivity contribution >= 4 is 17.2 Å². The highest BCUT2D eigenvalue weighted by Crippen LogP contribution is 2.36. The quantitative estimate of drug-likeness (QED) is 0.908. The van der Waals surface area contributed by atoms with Gasteiger partial charge in [0.2, 0.25) is 5.91 Å². The monoisotopic (exact) mass is 309 g/mol.